The fourth-order valence-corrected chi connectivity index (χ4v) is 5.27. The zero-order valence-electron chi connectivity index (χ0n) is 21.2. The molecule has 35 heavy (non-hydrogen) atoms. The lowest BCUT2D eigenvalue weighted by Gasteiger charge is -2.20. The predicted octanol–water partition coefficient (Wildman–Crippen LogP) is 6.62. The van der Waals surface area contributed by atoms with Gasteiger partial charge in [-0.3, -0.25) is 4.79 Å². The van der Waals surface area contributed by atoms with Crippen molar-refractivity contribution in [3.63, 3.8) is 0 Å². The van der Waals surface area contributed by atoms with Crippen LogP contribution >= 0.6 is 11.6 Å². The van der Waals surface area contributed by atoms with E-state index in [1.807, 2.05) is 58.0 Å². The summed E-state index contributed by atoms with van der Waals surface area (Å²) in [6, 6.07) is 8.00. The Kier molecular flexibility index (Phi) is 7.36. The molecule has 184 valence electrons. The molecule has 6 heteroatoms. The van der Waals surface area contributed by atoms with Crippen LogP contribution in [-0.2, 0) is 14.3 Å². The van der Waals surface area contributed by atoms with Gasteiger partial charge in [-0.15, -0.1) is 0 Å². The molecular weight excluding hydrogens is 460 g/mol. The predicted molar refractivity (Wildman–Crippen MR) is 141 cm³/mol. The summed E-state index contributed by atoms with van der Waals surface area (Å²) in [6.07, 6.45) is 9.59. The standard InChI is InChI=1S/C29H33ClN2O3/c1-18-11-12-24(17-26(18)30)32-19(2)15-23(20(32)3)16-25-27(29(34)35-5)21(4)31(28(25)33)14-13-22-9-7-6-8-10-22/h9,11-12,15-17H,6-8,10,13-14H2,1-5H3. The van der Waals surface area contributed by atoms with E-state index >= 15 is 0 Å². The van der Waals surface area contributed by atoms with Crippen LogP contribution in [-0.4, -0.2) is 35.0 Å². The van der Waals surface area contributed by atoms with Gasteiger partial charge in [0, 0.05) is 34.3 Å². The fourth-order valence-electron chi connectivity index (χ4n) is 5.09. The van der Waals surface area contributed by atoms with Crippen LogP contribution in [0.15, 0.2) is 52.8 Å². The first-order valence-electron chi connectivity index (χ1n) is 12.2. The van der Waals surface area contributed by atoms with Gasteiger partial charge in [-0.1, -0.05) is 29.3 Å². The van der Waals surface area contributed by atoms with Crippen LogP contribution in [0.2, 0.25) is 5.02 Å². The number of nitrogens with zero attached hydrogens (tertiary/aromatic N) is 2. The molecule has 1 aromatic heterocycles. The summed E-state index contributed by atoms with van der Waals surface area (Å²) in [5, 5.41) is 0.705. The third kappa shape index (κ3) is 4.87. The Morgan fingerprint density at radius 1 is 1.14 bits per heavy atom. The second-order valence-electron chi connectivity index (χ2n) is 9.42. The Labute approximate surface area is 212 Å². The minimum absolute atomic E-state index is 0.150. The number of carbonyl (C=O) groups is 2. The van der Waals surface area contributed by atoms with Gasteiger partial charge in [-0.25, -0.2) is 4.79 Å². The van der Waals surface area contributed by atoms with Crippen LogP contribution in [0.5, 0.6) is 0 Å². The van der Waals surface area contributed by atoms with E-state index in [0.717, 1.165) is 47.5 Å². The third-order valence-electron chi connectivity index (χ3n) is 7.13. The first-order chi connectivity index (χ1) is 16.7. The molecule has 1 aromatic carbocycles. The Morgan fingerprint density at radius 3 is 2.57 bits per heavy atom. The van der Waals surface area contributed by atoms with Gasteiger partial charge in [0.25, 0.3) is 5.91 Å². The average Bonchev–Trinajstić information content (AvgIpc) is 3.25. The Balaban J connectivity index is 1.71. The van der Waals surface area contributed by atoms with E-state index in [2.05, 4.69) is 10.6 Å². The molecule has 1 aliphatic carbocycles. The van der Waals surface area contributed by atoms with Crippen molar-refractivity contribution >= 4 is 29.6 Å². The number of carbonyl (C=O) groups excluding carboxylic acids is 2. The highest BCUT2D eigenvalue weighted by Crippen LogP contribution is 2.34. The second kappa shape index (κ2) is 10.3. The molecule has 2 aliphatic rings. The fraction of sp³-hybridized carbons (Fsp3) is 0.379. The summed E-state index contributed by atoms with van der Waals surface area (Å²) < 4.78 is 7.18. The zero-order chi connectivity index (χ0) is 25.3. The van der Waals surface area contributed by atoms with E-state index in [1.165, 1.54) is 25.5 Å². The van der Waals surface area contributed by atoms with Gasteiger partial charge in [0.2, 0.25) is 0 Å². The van der Waals surface area contributed by atoms with E-state index in [-0.39, 0.29) is 5.91 Å². The molecule has 5 nitrogen and oxygen atoms in total. The molecule has 1 amide bonds. The molecule has 0 atom stereocenters. The first-order valence-corrected chi connectivity index (χ1v) is 12.6. The number of halogens is 1. The van der Waals surface area contributed by atoms with Crippen molar-refractivity contribution < 1.29 is 14.3 Å². The number of benzene rings is 1. The van der Waals surface area contributed by atoms with Gasteiger partial charge < -0.3 is 14.2 Å². The average molecular weight is 493 g/mol. The van der Waals surface area contributed by atoms with Crippen LogP contribution < -0.4 is 0 Å². The molecule has 0 saturated carbocycles. The number of aryl methyl sites for hydroxylation is 2. The number of methoxy groups -OCH3 is 1. The minimum Gasteiger partial charge on any atom is -0.465 e. The van der Waals surface area contributed by atoms with Crippen LogP contribution in [0.4, 0.5) is 0 Å². The van der Waals surface area contributed by atoms with Crippen molar-refractivity contribution in [2.24, 2.45) is 0 Å². The largest absolute Gasteiger partial charge is 0.465 e. The number of aromatic nitrogens is 1. The second-order valence-corrected chi connectivity index (χ2v) is 9.83. The maximum atomic E-state index is 13.5. The number of hydrogen-bond acceptors (Lipinski definition) is 3. The Bertz CT molecular complexity index is 1280. The van der Waals surface area contributed by atoms with Crippen molar-refractivity contribution in [3.05, 3.63) is 80.3 Å². The van der Waals surface area contributed by atoms with Gasteiger partial charge in [0.15, 0.2) is 0 Å². The van der Waals surface area contributed by atoms with Crippen LogP contribution in [0.25, 0.3) is 11.8 Å². The monoisotopic (exact) mass is 492 g/mol. The molecule has 2 heterocycles. The van der Waals surface area contributed by atoms with Crippen molar-refractivity contribution in [2.75, 3.05) is 13.7 Å². The normalized spacial score (nSPS) is 17.4. The molecule has 0 fully saturated rings. The molecule has 2 aromatic rings. The lowest BCUT2D eigenvalue weighted by Crippen LogP contribution is -2.26. The van der Waals surface area contributed by atoms with E-state index < -0.39 is 5.97 Å². The van der Waals surface area contributed by atoms with Crippen LogP contribution in [0.1, 0.15) is 61.5 Å². The number of amides is 1. The SMILES string of the molecule is COC(=O)C1=C(C)N(CCC2=CCCCC2)C(=O)C1=Cc1cc(C)n(-c2ccc(C)c(Cl)c2)c1C. The zero-order valence-corrected chi connectivity index (χ0v) is 22.0. The minimum atomic E-state index is -0.486. The van der Waals surface area contributed by atoms with Crippen molar-refractivity contribution in [1.29, 1.82) is 0 Å². The highest BCUT2D eigenvalue weighted by Gasteiger charge is 2.37. The highest BCUT2D eigenvalue weighted by molar-refractivity contribution is 6.31. The Hall–Kier alpha value is -3.05. The number of ether oxygens (including phenoxy) is 1. The molecule has 0 N–H and O–H groups in total. The number of rotatable bonds is 6. The molecule has 1 aliphatic heterocycles. The summed E-state index contributed by atoms with van der Waals surface area (Å²) in [4.78, 5) is 28.0. The summed E-state index contributed by atoms with van der Waals surface area (Å²) >= 11 is 6.38. The molecule has 0 radical (unpaired) electrons. The summed E-state index contributed by atoms with van der Waals surface area (Å²) in [5.41, 5.74) is 7.62. The van der Waals surface area contributed by atoms with Crippen molar-refractivity contribution in [2.45, 2.75) is 59.8 Å². The van der Waals surface area contributed by atoms with E-state index in [9.17, 15) is 9.59 Å². The van der Waals surface area contributed by atoms with Gasteiger partial charge in [0.1, 0.15) is 0 Å². The third-order valence-corrected chi connectivity index (χ3v) is 7.53. The van der Waals surface area contributed by atoms with Crippen molar-refractivity contribution in [1.82, 2.24) is 9.47 Å². The maximum Gasteiger partial charge on any atom is 0.340 e. The lowest BCUT2D eigenvalue weighted by molar-refractivity contribution is -0.136. The van der Waals surface area contributed by atoms with Gasteiger partial charge in [-0.05, 0) is 95.2 Å². The summed E-state index contributed by atoms with van der Waals surface area (Å²) in [5.74, 6) is -0.636. The van der Waals surface area contributed by atoms with Gasteiger partial charge >= 0.3 is 5.97 Å². The summed E-state index contributed by atoms with van der Waals surface area (Å²) in [7, 11) is 1.35. The number of hydrogen-bond donors (Lipinski definition) is 0. The smallest absolute Gasteiger partial charge is 0.340 e. The van der Waals surface area contributed by atoms with Crippen LogP contribution in [0, 0.1) is 20.8 Å². The maximum absolute atomic E-state index is 13.5. The Morgan fingerprint density at radius 2 is 1.91 bits per heavy atom. The van der Waals surface area contributed by atoms with E-state index in [0.29, 0.717) is 28.4 Å². The lowest BCUT2D eigenvalue weighted by atomic mass is 9.97. The van der Waals surface area contributed by atoms with E-state index in [4.69, 9.17) is 16.3 Å². The molecule has 0 bridgehead atoms. The summed E-state index contributed by atoms with van der Waals surface area (Å²) in [6.45, 7) is 8.40. The first kappa shape index (κ1) is 25.1. The number of allylic oxidation sites excluding steroid dienone is 2. The highest BCUT2D eigenvalue weighted by atomic mass is 35.5. The molecule has 0 spiro atoms. The molecular formula is C29H33ClN2O3. The van der Waals surface area contributed by atoms with Gasteiger partial charge in [0.05, 0.1) is 18.3 Å². The van der Waals surface area contributed by atoms with Gasteiger partial charge in [-0.2, -0.15) is 0 Å². The number of esters is 1. The molecule has 0 saturated heterocycles. The van der Waals surface area contributed by atoms with Crippen molar-refractivity contribution in [3.8, 4) is 5.69 Å². The van der Waals surface area contributed by atoms with E-state index in [1.54, 1.807) is 4.90 Å². The molecule has 0 unspecified atom stereocenters. The quantitative estimate of drug-likeness (QED) is 0.258. The van der Waals surface area contributed by atoms with Crippen LogP contribution in [0.3, 0.4) is 0 Å². The molecule has 4 rings (SSSR count). The topological polar surface area (TPSA) is 51.5 Å².